The summed E-state index contributed by atoms with van der Waals surface area (Å²) in [5.41, 5.74) is 1.17. The Morgan fingerprint density at radius 1 is 1.25 bits per heavy atom. The van der Waals surface area contributed by atoms with Crippen LogP contribution in [-0.4, -0.2) is 33.9 Å². The second kappa shape index (κ2) is 7.50. The van der Waals surface area contributed by atoms with Crippen molar-refractivity contribution in [3.63, 3.8) is 0 Å². The van der Waals surface area contributed by atoms with Gasteiger partial charge in [-0.3, -0.25) is 0 Å². The molecule has 0 bridgehead atoms. The van der Waals surface area contributed by atoms with Gasteiger partial charge in [0.15, 0.2) is 11.5 Å². The fourth-order valence-corrected chi connectivity index (χ4v) is 2.78. The molecule has 0 aromatic heterocycles. The van der Waals surface area contributed by atoms with Crippen LogP contribution in [0.25, 0.3) is 0 Å². The molecule has 112 valence electrons. The Labute approximate surface area is 121 Å². The van der Waals surface area contributed by atoms with Gasteiger partial charge in [0, 0.05) is 19.1 Å². The molecule has 0 aliphatic carbocycles. The number of hydrogen-bond donors (Lipinski definition) is 1. The van der Waals surface area contributed by atoms with Gasteiger partial charge in [0.25, 0.3) is 0 Å². The quantitative estimate of drug-likeness (QED) is 0.869. The van der Waals surface area contributed by atoms with E-state index in [4.69, 9.17) is 14.2 Å². The summed E-state index contributed by atoms with van der Waals surface area (Å²) in [5, 5.41) is 3.43. The molecule has 1 fully saturated rings. The van der Waals surface area contributed by atoms with E-state index in [9.17, 15) is 0 Å². The molecule has 0 spiro atoms. The van der Waals surface area contributed by atoms with Gasteiger partial charge in [-0.1, -0.05) is 13.0 Å². The smallest absolute Gasteiger partial charge is 0.161 e. The number of nitrogens with one attached hydrogen (secondary N) is 1. The van der Waals surface area contributed by atoms with Crippen LogP contribution in [0, 0.1) is 5.92 Å². The predicted octanol–water partition coefficient (Wildman–Crippen LogP) is 2.78. The summed E-state index contributed by atoms with van der Waals surface area (Å²) in [7, 11) is 3.32. The van der Waals surface area contributed by atoms with Crippen LogP contribution in [0.15, 0.2) is 18.2 Å². The van der Waals surface area contributed by atoms with Crippen LogP contribution in [0.4, 0.5) is 0 Å². The van der Waals surface area contributed by atoms with E-state index in [1.807, 2.05) is 12.1 Å². The number of hydrogen-bond acceptors (Lipinski definition) is 4. The first-order chi connectivity index (χ1) is 9.80. The van der Waals surface area contributed by atoms with Gasteiger partial charge >= 0.3 is 0 Å². The van der Waals surface area contributed by atoms with E-state index in [0.717, 1.165) is 37.6 Å². The van der Waals surface area contributed by atoms with Gasteiger partial charge in [0.2, 0.25) is 0 Å². The van der Waals surface area contributed by atoms with Crippen molar-refractivity contribution in [3.05, 3.63) is 23.8 Å². The molecular formula is C16H25NO3. The van der Waals surface area contributed by atoms with Crippen LogP contribution in [-0.2, 0) is 4.74 Å². The van der Waals surface area contributed by atoms with E-state index in [-0.39, 0.29) is 6.10 Å². The highest BCUT2D eigenvalue weighted by atomic mass is 16.5. The number of ether oxygens (including phenoxy) is 3. The van der Waals surface area contributed by atoms with E-state index in [2.05, 4.69) is 18.3 Å². The lowest BCUT2D eigenvalue weighted by atomic mass is 9.89. The van der Waals surface area contributed by atoms with Gasteiger partial charge < -0.3 is 19.5 Å². The molecule has 0 radical (unpaired) electrons. The van der Waals surface area contributed by atoms with Crippen molar-refractivity contribution in [1.29, 1.82) is 0 Å². The Bertz CT molecular complexity index is 422. The zero-order valence-corrected chi connectivity index (χ0v) is 12.6. The molecule has 0 saturated carbocycles. The topological polar surface area (TPSA) is 39.7 Å². The second-order valence-corrected chi connectivity index (χ2v) is 5.12. The second-order valence-electron chi connectivity index (χ2n) is 5.12. The standard InChI is InChI=1S/C16H25NO3/c1-4-17-11-13-6-5-9-20-16(13)12-7-8-14(18-2)15(10-12)19-3/h7-8,10,13,16-17H,4-6,9,11H2,1-3H3. The van der Waals surface area contributed by atoms with Crippen molar-refractivity contribution >= 4 is 0 Å². The Morgan fingerprint density at radius 2 is 2.05 bits per heavy atom. The molecule has 1 aliphatic rings. The third-order valence-electron chi connectivity index (χ3n) is 3.84. The summed E-state index contributed by atoms with van der Waals surface area (Å²) in [6.45, 7) is 4.96. The first kappa shape index (κ1) is 15.1. The highest BCUT2D eigenvalue weighted by molar-refractivity contribution is 5.43. The molecule has 1 aromatic carbocycles. The van der Waals surface area contributed by atoms with Crippen molar-refractivity contribution in [2.24, 2.45) is 5.92 Å². The maximum atomic E-state index is 6.01. The first-order valence-electron chi connectivity index (χ1n) is 7.34. The van der Waals surface area contributed by atoms with E-state index < -0.39 is 0 Å². The van der Waals surface area contributed by atoms with Gasteiger partial charge in [-0.2, -0.15) is 0 Å². The van der Waals surface area contributed by atoms with Crippen LogP contribution in [0.5, 0.6) is 11.5 Å². The lowest BCUT2D eigenvalue weighted by molar-refractivity contribution is -0.0277. The minimum atomic E-state index is 0.141. The summed E-state index contributed by atoms with van der Waals surface area (Å²) in [6, 6.07) is 6.07. The van der Waals surface area contributed by atoms with Crippen LogP contribution < -0.4 is 14.8 Å². The summed E-state index contributed by atoms with van der Waals surface area (Å²) in [4.78, 5) is 0. The van der Waals surface area contributed by atoms with Crippen LogP contribution >= 0.6 is 0 Å². The molecule has 1 heterocycles. The van der Waals surface area contributed by atoms with Gasteiger partial charge in [-0.25, -0.2) is 0 Å². The Morgan fingerprint density at radius 3 is 2.75 bits per heavy atom. The van der Waals surface area contributed by atoms with Gasteiger partial charge in [0.05, 0.1) is 20.3 Å². The number of rotatable bonds is 6. The third-order valence-corrected chi connectivity index (χ3v) is 3.84. The molecular weight excluding hydrogens is 254 g/mol. The van der Waals surface area contributed by atoms with Crippen molar-refractivity contribution in [3.8, 4) is 11.5 Å². The monoisotopic (exact) mass is 279 g/mol. The fourth-order valence-electron chi connectivity index (χ4n) is 2.78. The molecule has 4 heteroatoms. The highest BCUT2D eigenvalue weighted by Gasteiger charge is 2.27. The van der Waals surface area contributed by atoms with E-state index >= 15 is 0 Å². The van der Waals surface area contributed by atoms with Gasteiger partial charge in [-0.05, 0) is 37.1 Å². The summed E-state index contributed by atoms with van der Waals surface area (Å²) in [5.74, 6) is 2.04. The molecule has 2 rings (SSSR count). The van der Waals surface area contributed by atoms with Crippen molar-refractivity contribution < 1.29 is 14.2 Å². The molecule has 1 aliphatic heterocycles. The Hall–Kier alpha value is -1.26. The van der Waals surface area contributed by atoms with Crippen molar-refractivity contribution in [2.45, 2.75) is 25.9 Å². The number of benzene rings is 1. The minimum Gasteiger partial charge on any atom is -0.493 e. The zero-order valence-electron chi connectivity index (χ0n) is 12.6. The average Bonchev–Trinajstić information content (AvgIpc) is 2.52. The summed E-state index contributed by atoms with van der Waals surface area (Å²) in [6.07, 6.45) is 2.48. The normalized spacial score (nSPS) is 22.6. The maximum absolute atomic E-state index is 6.01. The Kier molecular flexibility index (Phi) is 5.68. The van der Waals surface area contributed by atoms with Gasteiger partial charge in [0.1, 0.15) is 0 Å². The third kappa shape index (κ3) is 3.44. The minimum absolute atomic E-state index is 0.141. The maximum Gasteiger partial charge on any atom is 0.161 e. The van der Waals surface area contributed by atoms with Crippen LogP contribution in [0.3, 0.4) is 0 Å². The molecule has 4 nitrogen and oxygen atoms in total. The molecule has 1 saturated heterocycles. The molecule has 2 atom stereocenters. The van der Waals surface area contributed by atoms with Crippen LogP contribution in [0.2, 0.25) is 0 Å². The molecule has 20 heavy (non-hydrogen) atoms. The SMILES string of the molecule is CCNCC1CCCOC1c1ccc(OC)c(OC)c1. The van der Waals surface area contributed by atoms with Crippen molar-refractivity contribution in [1.82, 2.24) is 5.32 Å². The first-order valence-corrected chi connectivity index (χ1v) is 7.34. The van der Waals surface area contributed by atoms with Gasteiger partial charge in [-0.15, -0.1) is 0 Å². The van der Waals surface area contributed by atoms with E-state index in [0.29, 0.717) is 5.92 Å². The average molecular weight is 279 g/mol. The zero-order chi connectivity index (χ0) is 14.4. The summed E-state index contributed by atoms with van der Waals surface area (Å²) < 4.78 is 16.7. The van der Waals surface area contributed by atoms with Crippen molar-refractivity contribution in [2.75, 3.05) is 33.9 Å². The lowest BCUT2D eigenvalue weighted by Gasteiger charge is -2.32. The summed E-state index contributed by atoms with van der Waals surface area (Å²) >= 11 is 0. The molecule has 1 N–H and O–H groups in total. The molecule has 2 unspecified atom stereocenters. The van der Waals surface area contributed by atoms with E-state index in [1.54, 1.807) is 14.2 Å². The fraction of sp³-hybridized carbons (Fsp3) is 0.625. The molecule has 0 amide bonds. The largest absolute Gasteiger partial charge is 0.493 e. The van der Waals surface area contributed by atoms with Crippen LogP contribution in [0.1, 0.15) is 31.4 Å². The predicted molar refractivity (Wildman–Crippen MR) is 79.5 cm³/mol. The number of methoxy groups -OCH3 is 2. The lowest BCUT2D eigenvalue weighted by Crippen LogP contribution is -2.31. The Balaban J connectivity index is 2.18. The molecule has 1 aromatic rings. The van der Waals surface area contributed by atoms with E-state index in [1.165, 1.54) is 12.0 Å². The highest BCUT2D eigenvalue weighted by Crippen LogP contribution is 2.37.